The lowest BCUT2D eigenvalue weighted by molar-refractivity contribution is 0.0474. The summed E-state index contributed by atoms with van der Waals surface area (Å²) in [4.78, 5) is 16.4. The first-order valence-corrected chi connectivity index (χ1v) is 8.44. The maximum atomic E-state index is 11.9. The fourth-order valence-corrected chi connectivity index (χ4v) is 1.61. The second kappa shape index (κ2) is 11.1. The average Bonchev–Trinajstić information content (AvgIpc) is 2.39. The summed E-state index contributed by atoms with van der Waals surface area (Å²) in [5.74, 6) is 0.651. The third-order valence-electron chi connectivity index (χ3n) is 2.97. The molecular weight excluding hydrogens is 435 g/mol. The average molecular weight is 472 g/mol. The molecule has 0 saturated heterocycles. The molecule has 4 N–H and O–H groups in total. The molecule has 0 rings (SSSR count). The minimum absolute atomic E-state index is 0. The summed E-state index contributed by atoms with van der Waals surface area (Å²) in [5.41, 5.74) is -1.31. The third kappa shape index (κ3) is 14.1. The standard InChI is InChI=1S/C17H36N4O3.HI/c1-9-18-13(19-10-16(5,6)12-22)20-11-17(7,8)21-14(23)24-15(2,3)4;/h22H,9-12H2,1-8H3,(H,21,23)(H2,18,19,20);1H. The van der Waals surface area contributed by atoms with E-state index < -0.39 is 17.2 Å². The first-order chi connectivity index (χ1) is 10.8. The molecule has 0 heterocycles. The van der Waals surface area contributed by atoms with E-state index in [0.29, 0.717) is 19.0 Å². The summed E-state index contributed by atoms with van der Waals surface area (Å²) in [6, 6.07) is 0. The van der Waals surface area contributed by atoms with Crippen LogP contribution < -0.4 is 16.0 Å². The van der Waals surface area contributed by atoms with Crippen LogP contribution in [0, 0.1) is 5.41 Å². The topological polar surface area (TPSA) is 95.0 Å². The van der Waals surface area contributed by atoms with Gasteiger partial charge in [0.25, 0.3) is 0 Å². The normalized spacial score (nSPS) is 12.9. The van der Waals surface area contributed by atoms with E-state index in [1.54, 1.807) is 0 Å². The number of hydrogen-bond donors (Lipinski definition) is 4. The SMILES string of the molecule is CCNC(=NCC(C)(C)CO)NCC(C)(C)NC(=O)OC(C)(C)C.I. The number of nitrogens with zero attached hydrogens (tertiary/aromatic N) is 1. The Labute approximate surface area is 169 Å². The van der Waals surface area contributed by atoms with Gasteiger partial charge >= 0.3 is 6.09 Å². The number of ether oxygens (including phenoxy) is 1. The van der Waals surface area contributed by atoms with Gasteiger partial charge in [0.1, 0.15) is 5.60 Å². The number of guanidine groups is 1. The zero-order valence-corrected chi connectivity index (χ0v) is 19.3. The predicted molar refractivity (Wildman–Crippen MR) is 114 cm³/mol. The fourth-order valence-electron chi connectivity index (χ4n) is 1.61. The number of amides is 1. The minimum Gasteiger partial charge on any atom is -0.444 e. The second-order valence-electron chi connectivity index (χ2n) is 8.38. The van der Waals surface area contributed by atoms with E-state index >= 15 is 0 Å². The lowest BCUT2D eigenvalue weighted by Crippen LogP contribution is -2.54. The fraction of sp³-hybridized carbons (Fsp3) is 0.882. The van der Waals surface area contributed by atoms with Gasteiger partial charge < -0.3 is 25.8 Å². The van der Waals surface area contributed by atoms with E-state index in [9.17, 15) is 9.90 Å². The van der Waals surface area contributed by atoms with Crippen LogP contribution in [-0.2, 0) is 4.74 Å². The molecule has 1 amide bonds. The number of halogens is 1. The van der Waals surface area contributed by atoms with Crippen LogP contribution in [0.4, 0.5) is 4.79 Å². The summed E-state index contributed by atoms with van der Waals surface area (Å²) in [5, 5.41) is 18.5. The van der Waals surface area contributed by atoms with Crippen molar-refractivity contribution in [1.82, 2.24) is 16.0 Å². The van der Waals surface area contributed by atoms with Crippen molar-refractivity contribution in [3.8, 4) is 0 Å². The van der Waals surface area contributed by atoms with Gasteiger partial charge in [-0.3, -0.25) is 4.99 Å². The first-order valence-electron chi connectivity index (χ1n) is 8.44. The number of hydrogen-bond acceptors (Lipinski definition) is 4. The quantitative estimate of drug-likeness (QED) is 0.260. The zero-order chi connectivity index (χ0) is 19.0. The van der Waals surface area contributed by atoms with E-state index in [1.807, 2.05) is 55.4 Å². The highest BCUT2D eigenvalue weighted by Gasteiger charge is 2.25. The number of aliphatic hydroxyl groups excluding tert-OH is 1. The number of aliphatic hydroxyl groups is 1. The summed E-state index contributed by atoms with van der Waals surface area (Å²) in [6.45, 7) is 17.0. The Bertz CT molecular complexity index is 432. The monoisotopic (exact) mass is 472 g/mol. The van der Waals surface area contributed by atoms with Crippen molar-refractivity contribution in [2.45, 2.75) is 66.5 Å². The molecule has 0 fully saturated rings. The minimum atomic E-state index is -0.528. The Morgan fingerprint density at radius 2 is 1.64 bits per heavy atom. The molecule has 0 aliphatic rings. The maximum absolute atomic E-state index is 11.9. The highest BCUT2D eigenvalue weighted by atomic mass is 127. The van der Waals surface area contributed by atoms with Gasteiger partial charge in [0.15, 0.2) is 5.96 Å². The van der Waals surface area contributed by atoms with Crippen LogP contribution in [0.15, 0.2) is 4.99 Å². The van der Waals surface area contributed by atoms with Crippen molar-refractivity contribution in [3.05, 3.63) is 0 Å². The Morgan fingerprint density at radius 1 is 1.08 bits per heavy atom. The molecule has 0 saturated carbocycles. The van der Waals surface area contributed by atoms with Crippen LogP contribution in [0.1, 0.15) is 55.4 Å². The van der Waals surface area contributed by atoms with Gasteiger partial charge in [-0.05, 0) is 41.5 Å². The van der Waals surface area contributed by atoms with Crippen LogP contribution >= 0.6 is 24.0 Å². The molecule has 8 heteroatoms. The number of carbonyl (C=O) groups excluding carboxylic acids is 1. The molecule has 0 aromatic rings. The van der Waals surface area contributed by atoms with Gasteiger partial charge in [-0.15, -0.1) is 24.0 Å². The largest absolute Gasteiger partial charge is 0.444 e. The number of alkyl carbamates (subject to hydrolysis) is 1. The van der Waals surface area contributed by atoms with Crippen molar-refractivity contribution in [1.29, 1.82) is 0 Å². The van der Waals surface area contributed by atoms with Gasteiger partial charge in [0.2, 0.25) is 0 Å². The Kier molecular flexibility index (Phi) is 11.7. The maximum Gasteiger partial charge on any atom is 0.408 e. The van der Waals surface area contributed by atoms with E-state index in [4.69, 9.17) is 4.74 Å². The Morgan fingerprint density at radius 3 is 2.08 bits per heavy atom. The molecule has 0 aliphatic heterocycles. The van der Waals surface area contributed by atoms with Crippen molar-refractivity contribution >= 4 is 36.0 Å². The van der Waals surface area contributed by atoms with Gasteiger partial charge in [0.05, 0.1) is 12.1 Å². The molecule has 0 aromatic carbocycles. The van der Waals surface area contributed by atoms with Crippen LogP contribution in [-0.4, -0.2) is 54.5 Å². The van der Waals surface area contributed by atoms with Crippen molar-refractivity contribution in [2.75, 3.05) is 26.2 Å². The zero-order valence-electron chi connectivity index (χ0n) is 16.9. The lowest BCUT2D eigenvalue weighted by atomic mass is 9.95. The van der Waals surface area contributed by atoms with E-state index in [2.05, 4.69) is 20.9 Å². The van der Waals surface area contributed by atoms with Crippen LogP contribution in [0.3, 0.4) is 0 Å². The molecule has 0 radical (unpaired) electrons. The number of nitrogens with one attached hydrogen (secondary N) is 3. The summed E-state index contributed by atoms with van der Waals surface area (Å²) in [6.07, 6.45) is -0.447. The van der Waals surface area contributed by atoms with Crippen LogP contribution in [0.25, 0.3) is 0 Å². The summed E-state index contributed by atoms with van der Waals surface area (Å²) >= 11 is 0. The smallest absolute Gasteiger partial charge is 0.408 e. The third-order valence-corrected chi connectivity index (χ3v) is 2.97. The Hall–Kier alpha value is -0.770. The Balaban J connectivity index is 0. The van der Waals surface area contributed by atoms with Crippen molar-refractivity contribution in [3.63, 3.8) is 0 Å². The second-order valence-corrected chi connectivity index (χ2v) is 8.38. The lowest BCUT2D eigenvalue weighted by Gasteiger charge is -2.29. The van der Waals surface area contributed by atoms with Gasteiger partial charge in [-0.25, -0.2) is 4.79 Å². The first kappa shape index (κ1) is 26.5. The van der Waals surface area contributed by atoms with E-state index in [-0.39, 0.29) is 36.0 Å². The summed E-state index contributed by atoms with van der Waals surface area (Å²) < 4.78 is 5.28. The molecule has 0 atom stereocenters. The van der Waals surface area contributed by atoms with E-state index in [0.717, 1.165) is 6.54 Å². The van der Waals surface area contributed by atoms with E-state index in [1.165, 1.54) is 0 Å². The summed E-state index contributed by atoms with van der Waals surface area (Å²) in [7, 11) is 0. The van der Waals surface area contributed by atoms with Crippen LogP contribution in [0.5, 0.6) is 0 Å². The molecule has 150 valence electrons. The highest BCUT2D eigenvalue weighted by molar-refractivity contribution is 14.0. The number of aliphatic imine (C=N–C) groups is 1. The van der Waals surface area contributed by atoms with Gasteiger partial charge in [-0.1, -0.05) is 13.8 Å². The van der Waals surface area contributed by atoms with Gasteiger partial charge in [0, 0.05) is 25.1 Å². The predicted octanol–water partition coefficient (Wildman–Crippen LogP) is 2.48. The molecule has 0 bridgehead atoms. The van der Waals surface area contributed by atoms with Gasteiger partial charge in [-0.2, -0.15) is 0 Å². The number of rotatable bonds is 7. The van der Waals surface area contributed by atoms with Crippen LogP contribution in [0.2, 0.25) is 0 Å². The molecule has 25 heavy (non-hydrogen) atoms. The number of carbonyl (C=O) groups is 1. The molecular formula is C17H37IN4O3. The molecule has 7 nitrogen and oxygen atoms in total. The van der Waals surface area contributed by atoms with Crippen molar-refractivity contribution < 1.29 is 14.6 Å². The molecule has 0 aliphatic carbocycles. The van der Waals surface area contributed by atoms with Crippen molar-refractivity contribution in [2.24, 2.45) is 10.4 Å². The molecule has 0 spiro atoms. The highest BCUT2D eigenvalue weighted by Crippen LogP contribution is 2.13. The molecule has 0 unspecified atom stereocenters. The molecule has 0 aromatic heterocycles.